The summed E-state index contributed by atoms with van der Waals surface area (Å²) in [6, 6.07) is 10.7. The van der Waals surface area contributed by atoms with Crippen LogP contribution in [0.3, 0.4) is 0 Å². The fourth-order valence-electron chi connectivity index (χ4n) is 3.44. The molecular formula is C21H26Cl2N4O2S. The number of hydrogen-bond donors (Lipinski definition) is 0. The smallest absolute Gasteiger partial charge is 0.242 e. The summed E-state index contributed by atoms with van der Waals surface area (Å²) in [4.78, 5) is 7.14. The molecule has 1 aromatic heterocycles. The van der Waals surface area contributed by atoms with E-state index in [0.29, 0.717) is 22.1 Å². The lowest BCUT2D eigenvalue weighted by Crippen LogP contribution is -2.24. The van der Waals surface area contributed by atoms with Crippen LogP contribution in [0.1, 0.15) is 31.3 Å². The van der Waals surface area contributed by atoms with E-state index < -0.39 is 10.0 Å². The lowest BCUT2D eigenvalue weighted by molar-refractivity contribution is 0.244. The third-order valence-corrected chi connectivity index (χ3v) is 7.73. The van der Waals surface area contributed by atoms with E-state index in [2.05, 4.69) is 23.3 Å². The quantitative estimate of drug-likeness (QED) is 0.499. The summed E-state index contributed by atoms with van der Waals surface area (Å²) in [5, 5.41) is 1.24. The number of hydrogen-bond acceptors (Lipinski definition) is 4. The minimum absolute atomic E-state index is 0.0459. The van der Waals surface area contributed by atoms with Crippen LogP contribution in [0.15, 0.2) is 41.3 Å². The number of halogens is 2. The molecule has 0 fully saturated rings. The Morgan fingerprint density at radius 1 is 1.10 bits per heavy atom. The molecule has 1 unspecified atom stereocenters. The predicted octanol–water partition coefficient (Wildman–Crippen LogP) is 4.81. The van der Waals surface area contributed by atoms with Gasteiger partial charge in [-0.2, -0.15) is 0 Å². The minimum Gasteiger partial charge on any atom is -0.327 e. The number of aromatic nitrogens is 2. The molecule has 0 aliphatic carbocycles. The molecule has 0 N–H and O–H groups in total. The van der Waals surface area contributed by atoms with Crippen molar-refractivity contribution in [2.24, 2.45) is 0 Å². The van der Waals surface area contributed by atoms with Gasteiger partial charge in [0.25, 0.3) is 0 Å². The van der Waals surface area contributed by atoms with Gasteiger partial charge >= 0.3 is 0 Å². The van der Waals surface area contributed by atoms with Gasteiger partial charge in [-0.1, -0.05) is 29.3 Å². The second kappa shape index (κ2) is 8.85. The van der Waals surface area contributed by atoms with Gasteiger partial charge in [-0.15, -0.1) is 0 Å². The first kappa shape index (κ1) is 23.0. The zero-order chi connectivity index (χ0) is 22.2. The molecule has 0 aliphatic rings. The van der Waals surface area contributed by atoms with E-state index in [9.17, 15) is 8.42 Å². The summed E-state index contributed by atoms with van der Waals surface area (Å²) in [6.07, 6.45) is 0. The largest absolute Gasteiger partial charge is 0.327 e. The highest BCUT2D eigenvalue weighted by molar-refractivity contribution is 7.89. The van der Waals surface area contributed by atoms with Crippen molar-refractivity contribution in [3.63, 3.8) is 0 Å². The number of imidazole rings is 1. The number of rotatable bonds is 7. The highest BCUT2D eigenvalue weighted by Gasteiger charge is 2.21. The van der Waals surface area contributed by atoms with Crippen molar-refractivity contribution >= 4 is 44.3 Å². The number of sulfonamides is 1. The minimum atomic E-state index is -3.51. The third-order valence-electron chi connectivity index (χ3n) is 5.36. The maximum Gasteiger partial charge on any atom is 0.242 e. The number of nitrogens with zero attached hydrogens (tertiary/aromatic N) is 4. The molecule has 0 amide bonds. The molecule has 162 valence electrons. The Kier molecular flexibility index (Phi) is 6.79. The van der Waals surface area contributed by atoms with Crippen molar-refractivity contribution < 1.29 is 8.42 Å². The van der Waals surface area contributed by atoms with Crippen molar-refractivity contribution in [2.45, 2.75) is 37.9 Å². The van der Waals surface area contributed by atoms with Crippen molar-refractivity contribution in [3.8, 4) is 0 Å². The van der Waals surface area contributed by atoms with E-state index in [1.165, 1.54) is 18.4 Å². The number of aryl methyl sites for hydroxylation is 1. The maximum absolute atomic E-state index is 12.5. The molecule has 3 rings (SSSR count). The molecule has 3 aromatic rings. The van der Waals surface area contributed by atoms with Crippen LogP contribution >= 0.6 is 23.2 Å². The SMILES string of the molecule is CCn1c(CN(C)C(C)c2ccc(Cl)cc2Cl)nc2cc(S(=O)(=O)N(C)C)ccc21. The van der Waals surface area contributed by atoms with Gasteiger partial charge in [-0.25, -0.2) is 17.7 Å². The van der Waals surface area contributed by atoms with Crippen molar-refractivity contribution in [1.29, 1.82) is 0 Å². The van der Waals surface area contributed by atoms with Crippen molar-refractivity contribution in [1.82, 2.24) is 18.8 Å². The predicted molar refractivity (Wildman–Crippen MR) is 123 cm³/mol. The standard InChI is InChI=1S/C21H26Cl2N4O2S/c1-6-27-20-10-8-16(30(28,29)25(3)4)12-19(20)24-21(27)13-26(5)14(2)17-9-7-15(22)11-18(17)23/h7-12,14H,6,13H2,1-5H3. The average Bonchev–Trinajstić information content (AvgIpc) is 3.03. The molecule has 0 aliphatic heterocycles. The lowest BCUT2D eigenvalue weighted by atomic mass is 10.1. The molecule has 0 bridgehead atoms. The molecule has 6 nitrogen and oxygen atoms in total. The molecule has 0 radical (unpaired) electrons. The second-order valence-corrected chi connectivity index (χ2v) is 10.5. The van der Waals surface area contributed by atoms with Crippen LogP contribution in [0.4, 0.5) is 0 Å². The fourth-order valence-corrected chi connectivity index (χ4v) is 4.93. The first-order chi connectivity index (χ1) is 14.1. The summed E-state index contributed by atoms with van der Waals surface area (Å²) in [5.74, 6) is 0.867. The number of fused-ring (bicyclic) bond motifs is 1. The lowest BCUT2D eigenvalue weighted by Gasteiger charge is -2.26. The molecular weight excluding hydrogens is 443 g/mol. The van der Waals surface area contributed by atoms with E-state index in [1.54, 1.807) is 18.2 Å². The van der Waals surface area contributed by atoms with Gasteiger partial charge in [-0.05, 0) is 56.8 Å². The first-order valence-electron chi connectivity index (χ1n) is 9.63. The monoisotopic (exact) mass is 468 g/mol. The molecule has 0 spiro atoms. The molecule has 30 heavy (non-hydrogen) atoms. The van der Waals surface area contributed by atoms with E-state index >= 15 is 0 Å². The normalized spacial score (nSPS) is 13.5. The van der Waals surface area contributed by atoms with Crippen LogP contribution in [0.25, 0.3) is 11.0 Å². The molecule has 0 saturated heterocycles. The highest BCUT2D eigenvalue weighted by atomic mass is 35.5. The Hall–Kier alpha value is -1.64. The van der Waals surface area contributed by atoms with Crippen LogP contribution in [-0.2, 0) is 23.1 Å². The number of benzene rings is 2. The Labute approximate surface area is 188 Å². The Morgan fingerprint density at radius 3 is 2.40 bits per heavy atom. The molecule has 9 heteroatoms. The van der Waals surface area contributed by atoms with Gasteiger partial charge in [0, 0.05) is 36.7 Å². The van der Waals surface area contributed by atoms with Gasteiger partial charge in [0.1, 0.15) is 5.82 Å². The van der Waals surface area contributed by atoms with Crippen LogP contribution in [0, 0.1) is 0 Å². The topological polar surface area (TPSA) is 58.4 Å². The van der Waals surface area contributed by atoms with Gasteiger partial charge in [-0.3, -0.25) is 4.90 Å². The van der Waals surface area contributed by atoms with Gasteiger partial charge < -0.3 is 4.57 Å². The van der Waals surface area contributed by atoms with Crippen molar-refractivity contribution in [2.75, 3.05) is 21.1 Å². The van der Waals surface area contributed by atoms with Crippen LogP contribution in [-0.4, -0.2) is 48.3 Å². The molecule has 1 atom stereocenters. The Morgan fingerprint density at radius 2 is 1.80 bits per heavy atom. The average molecular weight is 469 g/mol. The zero-order valence-electron chi connectivity index (χ0n) is 17.7. The zero-order valence-corrected chi connectivity index (χ0v) is 20.1. The van der Waals surface area contributed by atoms with E-state index in [-0.39, 0.29) is 10.9 Å². The summed E-state index contributed by atoms with van der Waals surface area (Å²) in [7, 11) is 1.54. The molecule has 0 saturated carbocycles. The molecule has 2 aromatic carbocycles. The van der Waals surface area contributed by atoms with E-state index in [4.69, 9.17) is 28.2 Å². The Bertz CT molecular complexity index is 1180. The van der Waals surface area contributed by atoms with Crippen LogP contribution in [0.2, 0.25) is 10.0 Å². The van der Waals surface area contributed by atoms with E-state index in [1.807, 2.05) is 25.2 Å². The first-order valence-corrected chi connectivity index (χ1v) is 11.8. The van der Waals surface area contributed by atoms with Crippen molar-refractivity contribution in [3.05, 3.63) is 57.8 Å². The van der Waals surface area contributed by atoms with Crippen LogP contribution < -0.4 is 0 Å². The summed E-state index contributed by atoms with van der Waals surface area (Å²) < 4.78 is 28.3. The summed E-state index contributed by atoms with van der Waals surface area (Å²) in [5.41, 5.74) is 2.57. The second-order valence-electron chi connectivity index (χ2n) is 7.47. The summed E-state index contributed by atoms with van der Waals surface area (Å²) in [6.45, 7) is 5.44. The highest BCUT2D eigenvalue weighted by Crippen LogP contribution is 2.30. The summed E-state index contributed by atoms with van der Waals surface area (Å²) >= 11 is 12.4. The van der Waals surface area contributed by atoms with Gasteiger partial charge in [0.15, 0.2) is 0 Å². The third kappa shape index (κ3) is 4.36. The van der Waals surface area contributed by atoms with Crippen LogP contribution in [0.5, 0.6) is 0 Å². The Balaban J connectivity index is 1.95. The fraction of sp³-hybridized carbons (Fsp3) is 0.381. The maximum atomic E-state index is 12.5. The molecule has 1 heterocycles. The van der Waals surface area contributed by atoms with Gasteiger partial charge in [0.2, 0.25) is 10.0 Å². The van der Waals surface area contributed by atoms with E-state index in [0.717, 1.165) is 23.4 Å². The van der Waals surface area contributed by atoms with Gasteiger partial charge in [0.05, 0.1) is 22.5 Å².